The van der Waals surface area contributed by atoms with E-state index in [9.17, 15) is 14.4 Å². The molecule has 2 aliphatic rings. The van der Waals surface area contributed by atoms with Gasteiger partial charge in [0.2, 0.25) is 17.7 Å². The predicted molar refractivity (Wildman–Crippen MR) is 136 cm³/mol. The van der Waals surface area contributed by atoms with Crippen LogP contribution in [0.2, 0.25) is 5.02 Å². The van der Waals surface area contributed by atoms with Crippen molar-refractivity contribution in [1.29, 1.82) is 0 Å². The molecule has 0 spiro atoms. The number of anilines is 1. The number of fused-ring (bicyclic) bond motifs is 1. The molecule has 1 saturated heterocycles. The number of nitrogens with zero attached hydrogens (tertiary/aromatic N) is 1. The normalized spacial score (nSPS) is 17.2. The number of carbonyl (C=O) groups excluding carboxylic acids is 3. The highest BCUT2D eigenvalue weighted by Crippen LogP contribution is 2.29. The lowest BCUT2D eigenvalue weighted by Crippen LogP contribution is -2.47. The lowest BCUT2D eigenvalue weighted by Gasteiger charge is -2.25. The van der Waals surface area contributed by atoms with E-state index in [1.165, 1.54) is 25.3 Å². The summed E-state index contributed by atoms with van der Waals surface area (Å²) in [6.07, 6.45) is 3.51. The molecular weight excluding hydrogens is 482 g/mol. The number of ether oxygens (including phenoxy) is 2. The summed E-state index contributed by atoms with van der Waals surface area (Å²) < 4.78 is 10.7. The maximum absolute atomic E-state index is 13.1. The van der Waals surface area contributed by atoms with Gasteiger partial charge in [-0.2, -0.15) is 4.99 Å². The standard InChI is InChI=1S/C27H26ClN3O5/c1-3-17-9-10-18-13-20(25(33)30-23(18)31-26(17)35-2)24(32)29-22-14-19(11-12-21(22)28)27(34)36-15-16-7-5-4-6-8-16/h4-8,10-12,14,20H,3,9,13,15H2,1-2H3,(H,29,32)(H,30,31,33). The number of carbonyl (C=O) groups is 3. The molecular formula is C27H26ClN3O5. The maximum atomic E-state index is 13.1. The Morgan fingerprint density at radius 2 is 1.97 bits per heavy atom. The van der Waals surface area contributed by atoms with E-state index in [4.69, 9.17) is 21.1 Å². The number of esters is 1. The number of nitrogens with one attached hydrogen (secondary N) is 2. The fourth-order valence-electron chi connectivity index (χ4n) is 3.96. The number of halogens is 1. The predicted octanol–water partition coefficient (Wildman–Crippen LogP) is 4.77. The molecule has 2 heterocycles. The number of aliphatic imine (C=N–C) groups is 1. The third kappa shape index (κ3) is 5.66. The number of rotatable bonds is 7. The van der Waals surface area contributed by atoms with Crippen LogP contribution in [-0.4, -0.2) is 30.7 Å². The first-order valence-corrected chi connectivity index (χ1v) is 11.9. The molecule has 2 aliphatic heterocycles. The van der Waals surface area contributed by atoms with E-state index in [-0.39, 0.29) is 29.3 Å². The van der Waals surface area contributed by atoms with Crippen LogP contribution in [0.15, 0.2) is 76.6 Å². The van der Waals surface area contributed by atoms with Crippen LogP contribution in [0.5, 0.6) is 0 Å². The summed E-state index contributed by atoms with van der Waals surface area (Å²) in [6, 6.07) is 13.8. The summed E-state index contributed by atoms with van der Waals surface area (Å²) in [4.78, 5) is 42.8. The molecule has 36 heavy (non-hydrogen) atoms. The average Bonchev–Trinajstić information content (AvgIpc) is 3.06. The van der Waals surface area contributed by atoms with Crippen molar-refractivity contribution in [3.05, 3.63) is 87.8 Å². The van der Waals surface area contributed by atoms with Gasteiger partial charge in [-0.05, 0) is 54.2 Å². The quantitative estimate of drug-likeness (QED) is 0.415. The van der Waals surface area contributed by atoms with Crippen LogP contribution in [0.1, 0.15) is 42.1 Å². The first kappa shape index (κ1) is 25.2. The summed E-state index contributed by atoms with van der Waals surface area (Å²) >= 11 is 6.27. The molecule has 4 rings (SSSR count). The van der Waals surface area contributed by atoms with Gasteiger partial charge in [0, 0.05) is 0 Å². The van der Waals surface area contributed by atoms with Gasteiger partial charge in [0.15, 0.2) is 0 Å². The molecule has 1 unspecified atom stereocenters. The van der Waals surface area contributed by atoms with Crippen molar-refractivity contribution in [2.24, 2.45) is 10.9 Å². The SMILES string of the molecule is CCC1=C(OC)N=C2NC(=O)C(C(=O)Nc3cc(C(=O)OCc4ccccc4)ccc3Cl)CC2=CC1. The average molecular weight is 508 g/mol. The molecule has 0 radical (unpaired) electrons. The maximum Gasteiger partial charge on any atom is 0.338 e. The number of allylic oxidation sites excluding steroid dienone is 2. The van der Waals surface area contributed by atoms with Crippen molar-refractivity contribution in [2.45, 2.75) is 32.8 Å². The topological polar surface area (TPSA) is 106 Å². The molecule has 2 aromatic rings. The van der Waals surface area contributed by atoms with Crippen LogP contribution in [0, 0.1) is 5.92 Å². The van der Waals surface area contributed by atoms with Gasteiger partial charge in [0.05, 0.1) is 23.4 Å². The van der Waals surface area contributed by atoms with E-state index in [1.807, 2.05) is 43.3 Å². The Labute approximate surface area is 214 Å². The van der Waals surface area contributed by atoms with E-state index in [2.05, 4.69) is 15.6 Å². The van der Waals surface area contributed by atoms with Crippen molar-refractivity contribution in [2.75, 3.05) is 12.4 Å². The number of amides is 2. The van der Waals surface area contributed by atoms with Crippen molar-refractivity contribution < 1.29 is 23.9 Å². The number of amidine groups is 1. The summed E-state index contributed by atoms with van der Waals surface area (Å²) in [5.74, 6) is -1.69. The molecule has 0 saturated carbocycles. The number of benzene rings is 2. The monoisotopic (exact) mass is 507 g/mol. The highest BCUT2D eigenvalue weighted by molar-refractivity contribution is 6.34. The second-order valence-corrected chi connectivity index (χ2v) is 8.76. The van der Waals surface area contributed by atoms with Crippen LogP contribution >= 0.6 is 11.6 Å². The van der Waals surface area contributed by atoms with Gasteiger partial charge >= 0.3 is 5.97 Å². The third-order valence-corrected chi connectivity index (χ3v) is 6.34. The zero-order valence-electron chi connectivity index (χ0n) is 20.0. The van der Waals surface area contributed by atoms with Gasteiger partial charge in [-0.1, -0.05) is 54.9 Å². The molecule has 2 amide bonds. The Bertz CT molecular complexity index is 1280. The summed E-state index contributed by atoms with van der Waals surface area (Å²) in [6.45, 7) is 2.12. The van der Waals surface area contributed by atoms with Crippen LogP contribution in [0.3, 0.4) is 0 Å². The van der Waals surface area contributed by atoms with Gasteiger partial charge in [-0.25, -0.2) is 4.79 Å². The Kier molecular flexibility index (Phi) is 7.85. The molecule has 1 fully saturated rings. The minimum atomic E-state index is -0.992. The molecule has 2 N–H and O–H groups in total. The van der Waals surface area contributed by atoms with Gasteiger partial charge in [0.1, 0.15) is 18.4 Å². The second-order valence-electron chi connectivity index (χ2n) is 8.35. The van der Waals surface area contributed by atoms with E-state index in [1.54, 1.807) is 0 Å². The third-order valence-electron chi connectivity index (χ3n) is 6.01. The molecule has 1 atom stereocenters. The molecule has 186 valence electrons. The van der Waals surface area contributed by atoms with Crippen molar-refractivity contribution in [3.63, 3.8) is 0 Å². The minimum absolute atomic E-state index is 0.116. The number of hydrogen-bond donors (Lipinski definition) is 2. The van der Waals surface area contributed by atoms with Crippen molar-refractivity contribution in [3.8, 4) is 0 Å². The number of methoxy groups -OCH3 is 1. The smallest absolute Gasteiger partial charge is 0.338 e. The first-order chi connectivity index (χ1) is 17.4. The highest BCUT2D eigenvalue weighted by atomic mass is 35.5. The van der Waals surface area contributed by atoms with Crippen molar-refractivity contribution >= 4 is 40.9 Å². The van der Waals surface area contributed by atoms with E-state index in [0.29, 0.717) is 18.1 Å². The minimum Gasteiger partial charge on any atom is -0.481 e. The van der Waals surface area contributed by atoms with E-state index >= 15 is 0 Å². The Morgan fingerprint density at radius 3 is 2.69 bits per heavy atom. The molecule has 0 aliphatic carbocycles. The summed E-state index contributed by atoms with van der Waals surface area (Å²) in [5, 5.41) is 5.64. The fraction of sp³-hybridized carbons (Fsp3) is 0.259. The molecule has 0 aromatic heterocycles. The van der Waals surface area contributed by atoms with Gasteiger partial charge < -0.3 is 20.1 Å². The molecule has 8 nitrogen and oxygen atoms in total. The van der Waals surface area contributed by atoms with Gasteiger partial charge in [-0.3, -0.25) is 9.59 Å². The lowest BCUT2D eigenvalue weighted by atomic mass is 9.91. The highest BCUT2D eigenvalue weighted by Gasteiger charge is 2.35. The Hall–Kier alpha value is -3.91. The van der Waals surface area contributed by atoms with E-state index in [0.717, 1.165) is 23.1 Å². The van der Waals surface area contributed by atoms with E-state index < -0.39 is 23.7 Å². The largest absolute Gasteiger partial charge is 0.481 e. The van der Waals surface area contributed by atoms with Crippen LogP contribution < -0.4 is 10.6 Å². The zero-order valence-corrected chi connectivity index (χ0v) is 20.7. The lowest BCUT2D eigenvalue weighted by molar-refractivity contribution is -0.131. The van der Waals surface area contributed by atoms with Crippen LogP contribution in [-0.2, 0) is 25.7 Å². The van der Waals surface area contributed by atoms with Gasteiger partial charge in [-0.15, -0.1) is 0 Å². The number of hydrogen-bond acceptors (Lipinski definition) is 6. The molecule has 9 heteroatoms. The van der Waals surface area contributed by atoms with Crippen LogP contribution in [0.25, 0.3) is 0 Å². The Morgan fingerprint density at radius 1 is 1.19 bits per heavy atom. The Balaban J connectivity index is 1.45. The summed E-state index contributed by atoms with van der Waals surface area (Å²) in [7, 11) is 1.54. The summed E-state index contributed by atoms with van der Waals surface area (Å²) in [5.41, 5.74) is 3.06. The van der Waals surface area contributed by atoms with Crippen LogP contribution in [0.4, 0.5) is 5.69 Å². The fourth-order valence-corrected chi connectivity index (χ4v) is 4.12. The zero-order chi connectivity index (χ0) is 25.7. The van der Waals surface area contributed by atoms with Crippen molar-refractivity contribution in [1.82, 2.24) is 5.32 Å². The molecule has 2 aromatic carbocycles. The first-order valence-electron chi connectivity index (χ1n) is 11.6. The second kappa shape index (κ2) is 11.2. The number of piperidine rings is 1. The molecule has 0 bridgehead atoms. The van der Waals surface area contributed by atoms with Gasteiger partial charge in [0.25, 0.3) is 0 Å².